The number of aromatic nitrogens is 1. The van der Waals surface area contributed by atoms with Gasteiger partial charge in [-0.25, -0.2) is 4.98 Å². The van der Waals surface area contributed by atoms with E-state index in [4.69, 9.17) is 11.6 Å². The summed E-state index contributed by atoms with van der Waals surface area (Å²) in [5.74, 6) is -0.301. The van der Waals surface area contributed by atoms with Gasteiger partial charge in [0.05, 0.1) is 11.2 Å². The predicted octanol–water partition coefficient (Wildman–Crippen LogP) is 5.06. The number of halogens is 1. The normalized spacial score (nSPS) is 10.4. The maximum Gasteiger partial charge on any atom is 0.267 e. The van der Waals surface area contributed by atoms with Crippen LogP contribution < -0.4 is 10.6 Å². The smallest absolute Gasteiger partial charge is 0.267 e. The van der Waals surface area contributed by atoms with Crippen molar-refractivity contribution in [1.82, 2.24) is 4.98 Å². The van der Waals surface area contributed by atoms with E-state index in [-0.39, 0.29) is 11.8 Å². The fourth-order valence-electron chi connectivity index (χ4n) is 2.22. The zero-order chi connectivity index (χ0) is 18.5. The highest BCUT2D eigenvalue weighted by Gasteiger charge is 2.13. The summed E-state index contributed by atoms with van der Waals surface area (Å²) >= 11 is 7.45. The molecule has 3 rings (SSSR count). The van der Waals surface area contributed by atoms with Crippen molar-refractivity contribution >= 4 is 46.1 Å². The van der Waals surface area contributed by atoms with E-state index in [2.05, 4.69) is 15.6 Å². The van der Waals surface area contributed by atoms with Crippen LogP contribution in [0, 0.1) is 0 Å². The summed E-state index contributed by atoms with van der Waals surface area (Å²) < 4.78 is 0. The molecule has 0 bridgehead atoms. The molecule has 5 nitrogen and oxygen atoms in total. The van der Waals surface area contributed by atoms with Gasteiger partial charge in [0.2, 0.25) is 5.91 Å². The molecule has 0 saturated heterocycles. The molecule has 0 atom stereocenters. The van der Waals surface area contributed by atoms with E-state index >= 15 is 0 Å². The number of amides is 2. The van der Waals surface area contributed by atoms with Crippen LogP contribution in [0.15, 0.2) is 54.7 Å². The Morgan fingerprint density at radius 3 is 2.35 bits per heavy atom. The number of carbonyl (C=O) groups is 2. The standard InChI is InChI=1S/C19H16ClN3O2S/c1-2-17(24)22-12-7-9-13(10-8-12)23-18(25)16-11-21-19(26-16)14-5-3-4-6-15(14)20/h3-11H,2H2,1H3,(H,22,24)(H,23,25). The van der Waals surface area contributed by atoms with Crippen LogP contribution in [0.3, 0.4) is 0 Å². The van der Waals surface area contributed by atoms with Gasteiger partial charge in [0.15, 0.2) is 0 Å². The molecule has 2 N–H and O–H groups in total. The Morgan fingerprint density at radius 2 is 1.69 bits per heavy atom. The van der Waals surface area contributed by atoms with E-state index in [1.54, 1.807) is 37.3 Å². The molecule has 0 fully saturated rings. The predicted molar refractivity (Wildman–Crippen MR) is 106 cm³/mol. The average Bonchev–Trinajstić information content (AvgIpc) is 3.13. The first-order valence-corrected chi connectivity index (χ1v) is 9.18. The van der Waals surface area contributed by atoms with Crippen LogP contribution in [0.5, 0.6) is 0 Å². The second-order valence-corrected chi connectivity index (χ2v) is 6.88. The first-order valence-electron chi connectivity index (χ1n) is 7.99. The molecule has 7 heteroatoms. The summed E-state index contributed by atoms with van der Waals surface area (Å²) in [7, 11) is 0. The quantitative estimate of drug-likeness (QED) is 0.644. The third kappa shape index (κ3) is 4.28. The highest BCUT2D eigenvalue weighted by molar-refractivity contribution is 7.17. The van der Waals surface area contributed by atoms with Crippen molar-refractivity contribution in [1.29, 1.82) is 0 Å². The number of benzene rings is 2. The maximum absolute atomic E-state index is 12.4. The van der Waals surface area contributed by atoms with Gasteiger partial charge in [0.1, 0.15) is 9.88 Å². The minimum Gasteiger partial charge on any atom is -0.326 e. The van der Waals surface area contributed by atoms with Crippen LogP contribution in [0.1, 0.15) is 23.0 Å². The number of thiazole rings is 1. The van der Waals surface area contributed by atoms with Crippen molar-refractivity contribution in [3.8, 4) is 10.6 Å². The number of nitrogens with zero attached hydrogens (tertiary/aromatic N) is 1. The number of nitrogens with one attached hydrogen (secondary N) is 2. The third-order valence-electron chi connectivity index (χ3n) is 3.58. The third-order valence-corrected chi connectivity index (χ3v) is 4.94. The molecule has 0 aliphatic rings. The van der Waals surface area contributed by atoms with Gasteiger partial charge >= 0.3 is 0 Å². The van der Waals surface area contributed by atoms with Gasteiger partial charge in [-0.3, -0.25) is 9.59 Å². The first-order chi connectivity index (χ1) is 12.6. The second kappa shape index (κ2) is 8.12. The summed E-state index contributed by atoms with van der Waals surface area (Å²) in [6, 6.07) is 14.3. The van der Waals surface area contributed by atoms with Gasteiger partial charge in [0, 0.05) is 23.4 Å². The molecule has 0 radical (unpaired) electrons. The average molecular weight is 386 g/mol. The van der Waals surface area contributed by atoms with E-state index < -0.39 is 0 Å². The Kier molecular flexibility index (Phi) is 5.65. The van der Waals surface area contributed by atoms with Gasteiger partial charge in [-0.1, -0.05) is 36.7 Å². The number of hydrogen-bond donors (Lipinski definition) is 2. The molecule has 26 heavy (non-hydrogen) atoms. The van der Waals surface area contributed by atoms with E-state index in [1.807, 2.05) is 18.2 Å². The minimum absolute atomic E-state index is 0.0569. The van der Waals surface area contributed by atoms with Crippen LogP contribution in [0.25, 0.3) is 10.6 Å². The summed E-state index contributed by atoms with van der Waals surface area (Å²) in [6.45, 7) is 1.79. The molecule has 0 spiro atoms. The minimum atomic E-state index is -0.244. The monoisotopic (exact) mass is 385 g/mol. The molecule has 0 aliphatic heterocycles. The number of anilines is 2. The Bertz CT molecular complexity index is 938. The van der Waals surface area contributed by atoms with Crippen molar-refractivity contribution in [3.63, 3.8) is 0 Å². The molecule has 1 heterocycles. The lowest BCUT2D eigenvalue weighted by molar-refractivity contribution is -0.115. The van der Waals surface area contributed by atoms with Crippen LogP contribution >= 0.6 is 22.9 Å². The van der Waals surface area contributed by atoms with Crippen molar-refractivity contribution in [3.05, 3.63) is 64.6 Å². The molecular formula is C19H16ClN3O2S. The van der Waals surface area contributed by atoms with Crippen molar-refractivity contribution in [2.45, 2.75) is 13.3 Å². The van der Waals surface area contributed by atoms with Crippen molar-refractivity contribution in [2.75, 3.05) is 10.6 Å². The maximum atomic E-state index is 12.4. The van der Waals surface area contributed by atoms with Gasteiger partial charge in [-0.2, -0.15) is 0 Å². The molecule has 0 aliphatic carbocycles. The van der Waals surface area contributed by atoms with Crippen LogP contribution in [0.2, 0.25) is 5.02 Å². The van der Waals surface area contributed by atoms with Gasteiger partial charge in [0.25, 0.3) is 5.91 Å². The first kappa shape index (κ1) is 18.1. The van der Waals surface area contributed by atoms with E-state index in [0.717, 1.165) is 5.56 Å². The van der Waals surface area contributed by atoms with Crippen molar-refractivity contribution in [2.24, 2.45) is 0 Å². The lowest BCUT2D eigenvalue weighted by Crippen LogP contribution is -2.11. The summed E-state index contributed by atoms with van der Waals surface area (Å²) in [6.07, 6.45) is 1.95. The summed E-state index contributed by atoms with van der Waals surface area (Å²) in [5.41, 5.74) is 2.13. The highest BCUT2D eigenvalue weighted by Crippen LogP contribution is 2.31. The summed E-state index contributed by atoms with van der Waals surface area (Å²) in [5, 5.41) is 6.87. The molecule has 132 valence electrons. The Hall–Kier alpha value is -2.70. The molecule has 0 unspecified atom stereocenters. The number of carbonyl (C=O) groups excluding carboxylic acids is 2. The number of hydrogen-bond acceptors (Lipinski definition) is 4. The van der Waals surface area contributed by atoms with Gasteiger partial charge < -0.3 is 10.6 Å². The number of rotatable bonds is 5. The molecule has 1 aromatic heterocycles. The van der Waals surface area contributed by atoms with Crippen LogP contribution in [-0.4, -0.2) is 16.8 Å². The van der Waals surface area contributed by atoms with Gasteiger partial charge in [-0.05, 0) is 30.3 Å². The molecular weight excluding hydrogens is 370 g/mol. The Balaban J connectivity index is 1.69. The molecule has 3 aromatic rings. The zero-order valence-corrected chi connectivity index (χ0v) is 15.5. The topological polar surface area (TPSA) is 71.1 Å². The zero-order valence-electron chi connectivity index (χ0n) is 14.0. The van der Waals surface area contributed by atoms with Crippen LogP contribution in [0.4, 0.5) is 11.4 Å². The van der Waals surface area contributed by atoms with Gasteiger partial charge in [-0.15, -0.1) is 11.3 Å². The van der Waals surface area contributed by atoms with E-state index in [9.17, 15) is 9.59 Å². The SMILES string of the molecule is CCC(=O)Nc1ccc(NC(=O)c2cnc(-c3ccccc3Cl)s2)cc1. The lowest BCUT2D eigenvalue weighted by Gasteiger charge is -2.06. The fraction of sp³-hybridized carbons (Fsp3) is 0.105. The summed E-state index contributed by atoms with van der Waals surface area (Å²) in [4.78, 5) is 28.6. The van der Waals surface area contributed by atoms with E-state index in [0.29, 0.717) is 32.7 Å². The van der Waals surface area contributed by atoms with Crippen molar-refractivity contribution < 1.29 is 9.59 Å². The van der Waals surface area contributed by atoms with E-state index in [1.165, 1.54) is 17.5 Å². The lowest BCUT2D eigenvalue weighted by atomic mass is 10.2. The Labute approximate surface area is 160 Å². The molecule has 2 aromatic carbocycles. The Morgan fingerprint density at radius 1 is 1.04 bits per heavy atom. The second-order valence-electron chi connectivity index (χ2n) is 5.44. The molecule has 2 amide bonds. The molecule has 0 saturated carbocycles. The highest BCUT2D eigenvalue weighted by atomic mass is 35.5. The fourth-order valence-corrected chi connectivity index (χ4v) is 3.35. The largest absolute Gasteiger partial charge is 0.326 e. The van der Waals surface area contributed by atoms with Crippen LogP contribution in [-0.2, 0) is 4.79 Å².